The Balaban J connectivity index is 1.06. The number of allylic oxidation sites excluding steroid dienone is 1. The first-order chi connectivity index (χ1) is 25.7. The third-order valence-electron chi connectivity index (χ3n) is 10.1. The second-order valence-corrected chi connectivity index (χ2v) is 13.7. The van der Waals surface area contributed by atoms with Gasteiger partial charge in [-0.3, -0.25) is 14.3 Å². The van der Waals surface area contributed by atoms with Crippen molar-refractivity contribution in [1.29, 1.82) is 0 Å². The van der Waals surface area contributed by atoms with Gasteiger partial charge in [-0.25, -0.2) is 23.4 Å². The molecule has 2 aromatic heterocycles. The van der Waals surface area contributed by atoms with Crippen LogP contribution in [0.5, 0.6) is 5.75 Å². The Hall–Kier alpha value is -5.20. The molecule has 0 bridgehead atoms. The molecular formula is C41H44F2N6O4. The Morgan fingerprint density at radius 2 is 1.77 bits per heavy atom. The molecule has 0 radical (unpaired) electrons. The number of ether oxygens (including phenoxy) is 2. The van der Waals surface area contributed by atoms with Crippen LogP contribution in [0.4, 0.5) is 14.5 Å². The maximum Gasteiger partial charge on any atom is 0.278 e. The van der Waals surface area contributed by atoms with E-state index in [2.05, 4.69) is 34.5 Å². The first-order valence-corrected chi connectivity index (χ1v) is 18.2. The highest BCUT2D eigenvalue weighted by Gasteiger charge is 2.22. The summed E-state index contributed by atoms with van der Waals surface area (Å²) in [7, 11) is 1.67. The number of aromatic nitrogens is 4. The molecule has 0 atom stereocenters. The molecule has 2 aliphatic rings. The largest absolute Gasteiger partial charge is 0.488 e. The molecule has 12 heteroatoms. The van der Waals surface area contributed by atoms with E-state index in [0.29, 0.717) is 35.7 Å². The number of benzene rings is 3. The molecule has 276 valence electrons. The van der Waals surface area contributed by atoms with Crippen molar-refractivity contribution in [2.75, 3.05) is 44.3 Å². The zero-order valence-electron chi connectivity index (χ0n) is 30.1. The summed E-state index contributed by atoms with van der Waals surface area (Å²) in [5, 5.41) is 4.25. The second kappa shape index (κ2) is 16.2. The molecule has 4 heterocycles. The van der Waals surface area contributed by atoms with Gasteiger partial charge in [0.15, 0.2) is 17.4 Å². The summed E-state index contributed by atoms with van der Waals surface area (Å²) < 4.78 is 42.2. The Morgan fingerprint density at radius 3 is 2.53 bits per heavy atom. The number of anilines is 1. The number of morpholine rings is 1. The molecule has 5 aromatic rings. The lowest BCUT2D eigenvalue weighted by Gasteiger charge is -2.28. The van der Waals surface area contributed by atoms with Crippen LogP contribution in [0.3, 0.4) is 0 Å². The van der Waals surface area contributed by atoms with E-state index in [1.807, 2.05) is 30.5 Å². The molecule has 3 aromatic carbocycles. The number of nitrogens with zero attached hydrogens (tertiary/aromatic N) is 5. The van der Waals surface area contributed by atoms with Gasteiger partial charge in [-0.15, -0.1) is 0 Å². The molecule has 0 spiro atoms. The van der Waals surface area contributed by atoms with Gasteiger partial charge < -0.3 is 19.7 Å². The topological polar surface area (TPSA) is 104 Å². The number of rotatable bonds is 12. The third kappa shape index (κ3) is 8.39. The summed E-state index contributed by atoms with van der Waals surface area (Å²) in [5.41, 5.74) is 4.57. The average Bonchev–Trinajstić information content (AvgIpc) is 3.38. The Labute approximate surface area is 307 Å². The van der Waals surface area contributed by atoms with Crippen LogP contribution in [0.1, 0.15) is 64.2 Å². The number of carbonyl (C=O) groups excluding carboxylic acids is 1. The minimum atomic E-state index is -0.986. The highest BCUT2D eigenvalue weighted by Crippen LogP contribution is 2.30. The summed E-state index contributed by atoms with van der Waals surface area (Å²) in [6, 6.07) is 16.1. The lowest BCUT2D eigenvalue weighted by Crippen LogP contribution is -2.36. The maximum absolute atomic E-state index is 13.8. The molecular weight excluding hydrogens is 678 g/mol. The normalized spacial score (nSPS) is 15.4. The van der Waals surface area contributed by atoms with E-state index in [0.717, 1.165) is 86.4 Å². The monoisotopic (exact) mass is 722 g/mol. The number of hydrogen-bond donors (Lipinski definition) is 1. The van der Waals surface area contributed by atoms with E-state index in [4.69, 9.17) is 19.4 Å². The van der Waals surface area contributed by atoms with Gasteiger partial charge in [-0.05, 0) is 92.4 Å². The van der Waals surface area contributed by atoms with Crippen LogP contribution in [-0.4, -0.2) is 70.6 Å². The van der Waals surface area contributed by atoms with Crippen LogP contribution in [0.15, 0.2) is 71.7 Å². The smallest absolute Gasteiger partial charge is 0.278 e. The molecule has 10 nitrogen and oxygen atoms in total. The van der Waals surface area contributed by atoms with Crippen LogP contribution in [0.2, 0.25) is 0 Å². The number of hydrogen-bond acceptors (Lipinski definition) is 8. The molecule has 0 amide bonds. The molecule has 1 N–H and O–H groups in total. The SMILES string of the molecule is Cc1c(C(=O)CC/C=C/c2cc(OC3CCNCC3)c3nc(Cc4ccc(N5CCOCC5)cc4)ncc3c2)c(=O)n(Cc2ccc(F)c(F)c2)n1C. The van der Waals surface area contributed by atoms with Gasteiger partial charge in [0, 0.05) is 55.9 Å². The maximum atomic E-state index is 13.8. The van der Waals surface area contributed by atoms with E-state index in [9.17, 15) is 18.4 Å². The number of fused-ring (bicyclic) bond motifs is 1. The van der Waals surface area contributed by atoms with Crippen molar-refractivity contribution in [3.05, 3.63) is 123 Å². The molecule has 0 aliphatic carbocycles. The fourth-order valence-electron chi connectivity index (χ4n) is 7.00. The predicted octanol–water partition coefficient (Wildman–Crippen LogP) is 6.00. The number of halogens is 2. The zero-order valence-corrected chi connectivity index (χ0v) is 30.1. The van der Waals surface area contributed by atoms with E-state index in [1.54, 1.807) is 18.7 Å². The van der Waals surface area contributed by atoms with Gasteiger partial charge in [-0.2, -0.15) is 0 Å². The summed E-state index contributed by atoms with van der Waals surface area (Å²) in [6.45, 7) is 6.79. The van der Waals surface area contributed by atoms with Crippen molar-refractivity contribution >= 4 is 28.4 Å². The van der Waals surface area contributed by atoms with Crippen molar-refractivity contribution in [3.8, 4) is 5.75 Å². The van der Waals surface area contributed by atoms with Crippen LogP contribution in [0.25, 0.3) is 17.0 Å². The Kier molecular flexibility index (Phi) is 11.1. The van der Waals surface area contributed by atoms with E-state index in [-0.39, 0.29) is 30.4 Å². The molecule has 2 saturated heterocycles. The Bertz CT molecular complexity index is 2180. The van der Waals surface area contributed by atoms with Crippen molar-refractivity contribution in [2.24, 2.45) is 7.05 Å². The first-order valence-electron chi connectivity index (χ1n) is 18.2. The van der Waals surface area contributed by atoms with Crippen molar-refractivity contribution < 1.29 is 23.0 Å². The van der Waals surface area contributed by atoms with E-state index >= 15 is 0 Å². The highest BCUT2D eigenvalue weighted by atomic mass is 19.2. The summed E-state index contributed by atoms with van der Waals surface area (Å²) in [6.07, 6.45) is 8.73. The lowest BCUT2D eigenvalue weighted by molar-refractivity contribution is 0.0982. The fraction of sp³-hybridized carbons (Fsp3) is 0.366. The number of piperidine rings is 1. The fourth-order valence-corrected chi connectivity index (χ4v) is 7.00. The molecule has 2 aliphatic heterocycles. The van der Waals surface area contributed by atoms with E-state index in [1.165, 1.54) is 16.4 Å². The van der Waals surface area contributed by atoms with Crippen LogP contribution in [-0.2, 0) is 24.8 Å². The second-order valence-electron chi connectivity index (χ2n) is 13.7. The molecule has 53 heavy (non-hydrogen) atoms. The van der Waals surface area contributed by atoms with Gasteiger partial charge in [-0.1, -0.05) is 30.4 Å². The first kappa shape index (κ1) is 36.2. The summed E-state index contributed by atoms with van der Waals surface area (Å²) >= 11 is 0. The Morgan fingerprint density at radius 1 is 1.02 bits per heavy atom. The van der Waals surface area contributed by atoms with Gasteiger partial charge in [0.1, 0.15) is 28.8 Å². The summed E-state index contributed by atoms with van der Waals surface area (Å²) in [5.74, 6) is -0.796. The van der Waals surface area contributed by atoms with Gasteiger partial charge in [0.05, 0.1) is 19.8 Å². The molecule has 7 rings (SSSR count). The van der Waals surface area contributed by atoms with Crippen LogP contribution >= 0.6 is 0 Å². The highest BCUT2D eigenvalue weighted by molar-refractivity contribution is 5.97. The van der Waals surface area contributed by atoms with E-state index < -0.39 is 17.2 Å². The van der Waals surface area contributed by atoms with Crippen molar-refractivity contribution in [2.45, 2.75) is 51.7 Å². The van der Waals surface area contributed by atoms with Crippen LogP contribution in [0, 0.1) is 18.6 Å². The van der Waals surface area contributed by atoms with Gasteiger partial charge >= 0.3 is 0 Å². The quantitative estimate of drug-likeness (QED) is 0.157. The number of ketones is 1. The average molecular weight is 723 g/mol. The summed E-state index contributed by atoms with van der Waals surface area (Å²) in [4.78, 5) is 38.6. The number of nitrogens with one attached hydrogen (secondary N) is 1. The predicted molar refractivity (Wildman–Crippen MR) is 201 cm³/mol. The molecule has 0 saturated carbocycles. The zero-order chi connectivity index (χ0) is 36.9. The van der Waals surface area contributed by atoms with Crippen LogP contribution < -0.4 is 20.5 Å². The standard InChI is InChI=1S/C41H44F2N6O4/c1-27-39(41(51)49(47(27)2)26-30-9-12-34(42)35(43)22-30)36(50)6-4-3-5-29-21-31-25-45-38(46-40(31)37(23-29)53-33-13-15-44-16-14-33)24-28-7-10-32(11-8-28)48-17-19-52-20-18-48/h3,5,7-12,21-23,25,33,44H,4,6,13-20,24,26H2,1-2H3/b5-3+. The minimum absolute atomic E-state index is 0.0119. The number of Topliss-reactive ketones (excluding diaryl/α,β-unsaturated/α-hetero) is 1. The van der Waals surface area contributed by atoms with Gasteiger partial charge in [0.25, 0.3) is 5.56 Å². The lowest BCUT2D eigenvalue weighted by atomic mass is 10.1. The molecule has 2 fully saturated rings. The number of carbonyl (C=O) groups is 1. The van der Waals surface area contributed by atoms with Crippen molar-refractivity contribution in [3.63, 3.8) is 0 Å². The molecule has 0 unspecified atom stereocenters. The van der Waals surface area contributed by atoms with Gasteiger partial charge in [0.2, 0.25) is 0 Å². The van der Waals surface area contributed by atoms with Crippen molar-refractivity contribution in [1.82, 2.24) is 24.6 Å². The third-order valence-corrected chi connectivity index (χ3v) is 10.1. The minimum Gasteiger partial charge on any atom is -0.488 e.